The Bertz CT molecular complexity index is 1250. The second-order valence-corrected chi connectivity index (χ2v) is 10.1. The molecule has 196 valence electrons. The molecule has 4 atom stereocenters. The summed E-state index contributed by atoms with van der Waals surface area (Å²) in [5.74, 6) is 1.22. The van der Waals surface area contributed by atoms with Gasteiger partial charge in [-0.3, -0.25) is 9.69 Å². The Labute approximate surface area is 220 Å². The molecule has 37 heavy (non-hydrogen) atoms. The van der Waals surface area contributed by atoms with E-state index in [1.807, 2.05) is 47.4 Å². The van der Waals surface area contributed by atoms with Gasteiger partial charge in [-0.25, -0.2) is 15.1 Å². The van der Waals surface area contributed by atoms with Crippen LogP contribution in [0.15, 0.2) is 48.8 Å². The van der Waals surface area contributed by atoms with Gasteiger partial charge in [-0.15, -0.1) is 0 Å². The Hall–Kier alpha value is -2.95. The van der Waals surface area contributed by atoms with Gasteiger partial charge < -0.3 is 29.6 Å². The van der Waals surface area contributed by atoms with Crippen molar-refractivity contribution in [1.82, 2.24) is 15.1 Å². The van der Waals surface area contributed by atoms with E-state index >= 15 is 0 Å². The van der Waals surface area contributed by atoms with Crippen LogP contribution in [0, 0.1) is 0 Å². The molecule has 0 amide bonds. The first-order valence-electron chi connectivity index (χ1n) is 12.0. The van der Waals surface area contributed by atoms with E-state index in [2.05, 4.69) is 20.4 Å². The van der Waals surface area contributed by atoms with Crippen LogP contribution in [0.5, 0.6) is 5.75 Å². The fourth-order valence-electron chi connectivity index (χ4n) is 4.28. The van der Waals surface area contributed by atoms with Crippen LogP contribution in [0.3, 0.4) is 0 Å². The van der Waals surface area contributed by atoms with Crippen LogP contribution >= 0.6 is 20.1 Å². The van der Waals surface area contributed by atoms with Crippen molar-refractivity contribution in [2.45, 2.75) is 37.7 Å². The van der Waals surface area contributed by atoms with Crippen LogP contribution in [0.4, 0.5) is 17.3 Å². The molecule has 3 heterocycles. The van der Waals surface area contributed by atoms with Gasteiger partial charge in [0.2, 0.25) is 0 Å². The van der Waals surface area contributed by atoms with Crippen LogP contribution in [0.25, 0.3) is 10.8 Å². The first-order valence-corrected chi connectivity index (χ1v) is 13.6. The third-order valence-corrected chi connectivity index (χ3v) is 7.45. The van der Waals surface area contributed by atoms with E-state index in [9.17, 15) is 4.79 Å². The van der Waals surface area contributed by atoms with Crippen LogP contribution in [-0.2, 0) is 18.8 Å². The molecule has 5 rings (SSSR count). The highest BCUT2D eigenvalue weighted by atomic mass is 35.5. The normalized spacial score (nSPS) is 21.5. The van der Waals surface area contributed by atoms with E-state index in [-0.39, 0.29) is 31.5 Å². The van der Waals surface area contributed by atoms with E-state index in [1.165, 1.54) is 6.33 Å². The molecule has 2 aliphatic heterocycles. The first kappa shape index (κ1) is 25.7. The zero-order valence-corrected chi connectivity index (χ0v) is 21.8. The lowest BCUT2D eigenvalue weighted by Crippen LogP contribution is -2.41. The largest absolute Gasteiger partial charge is 0.465 e. The number of nitrogen functional groups attached to an aromatic ring is 1. The number of nitrogens with zero attached hydrogens (tertiary/aromatic N) is 3. The van der Waals surface area contributed by atoms with Gasteiger partial charge in [0, 0.05) is 5.39 Å². The number of carbonyl (C=O) groups excluding carboxylic acids is 1. The first-order chi connectivity index (χ1) is 18.0. The Morgan fingerprint density at radius 1 is 1.27 bits per heavy atom. The van der Waals surface area contributed by atoms with E-state index < -0.39 is 14.2 Å². The van der Waals surface area contributed by atoms with Crippen molar-refractivity contribution in [2.75, 3.05) is 35.7 Å². The van der Waals surface area contributed by atoms with Gasteiger partial charge in [0.1, 0.15) is 30.5 Å². The zero-order valence-electron chi connectivity index (χ0n) is 20.2. The summed E-state index contributed by atoms with van der Waals surface area (Å²) in [5, 5.41) is 8.14. The summed E-state index contributed by atoms with van der Waals surface area (Å²) in [5.41, 5.74) is 6.00. The second-order valence-electron chi connectivity index (χ2n) is 8.40. The molecule has 2 aromatic carbocycles. The monoisotopic (exact) mass is 546 g/mol. The summed E-state index contributed by atoms with van der Waals surface area (Å²) in [6.07, 6.45) is 2.36. The third-order valence-electron chi connectivity index (χ3n) is 5.97. The van der Waals surface area contributed by atoms with Crippen LogP contribution in [0.2, 0.25) is 0 Å². The molecule has 1 saturated heterocycles. The smallest absolute Gasteiger partial charge is 0.320 e. The predicted octanol–water partition coefficient (Wildman–Crippen LogP) is 3.95. The Kier molecular flexibility index (Phi) is 8.07. The molecular weight excluding hydrogens is 519 g/mol. The molecule has 3 aromatic rings. The molecule has 0 saturated carbocycles. The van der Waals surface area contributed by atoms with Gasteiger partial charge in [-0.1, -0.05) is 48.0 Å². The predicted molar refractivity (Wildman–Crippen MR) is 142 cm³/mol. The van der Waals surface area contributed by atoms with Crippen LogP contribution < -0.4 is 25.6 Å². The van der Waals surface area contributed by atoms with E-state index in [4.69, 9.17) is 35.9 Å². The molecule has 0 aliphatic carbocycles. The van der Waals surface area contributed by atoms with Crippen LogP contribution in [0.1, 0.15) is 19.8 Å². The van der Waals surface area contributed by atoms with Crippen LogP contribution in [-0.4, -0.2) is 53.7 Å². The number of benzene rings is 2. The van der Waals surface area contributed by atoms with E-state index in [0.717, 1.165) is 23.6 Å². The van der Waals surface area contributed by atoms with Crippen molar-refractivity contribution in [1.29, 1.82) is 0 Å². The van der Waals surface area contributed by atoms with Crippen molar-refractivity contribution in [2.24, 2.45) is 0 Å². The fraction of sp³-hybridized carbons (Fsp3) is 0.375. The number of nitrogens with one attached hydrogen (secondary N) is 2. The Morgan fingerprint density at radius 3 is 2.97 bits per heavy atom. The lowest BCUT2D eigenvalue weighted by atomic mass is 10.1. The lowest BCUT2D eigenvalue weighted by Gasteiger charge is -2.28. The molecule has 2 aliphatic rings. The molecule has 1 aromatic heterocycles. The molecular formula is C24H28ClN6O5P. The van der Waals surface area contributed by atoms with Gasteiger partial charge in [0.15, 0.2) is 17.3 Å². The minimum absolute atomic E-state index is 0.0380. The average Bonchev–Trinajstić information content (AvgIpc) is 3.50. The maximum absolute atomic E-state index is 12.0. The number of aromatic nitrogens is 2. The second kappa shape index (κ2) is 11.6. The minimum atomic E-state index is -1.67. The van der Waals surface area contributed by atoms with Crippen molar-refractivity contribution in [3.05, 3.63) is 48.8 Å². The number of halogens is 1. The quantitative estimate of drug-likeness (QED) is 0.148. The number of anilines is 3. The SMILES string of the molecule is CCOC(=O)CNP(OCC1CCC(N2c3ncnc(N)c3NC2Cl)O1)Oc1cccc2ccccc12. The summed E-state index contributed by atoms with van der Waals surface area (Å²) >= 11 is 6.52. The minimum Gasteiger partial charge on any atom is -0.465 e. The summed E-state index contributed by atoms with van der Waals surface area (Å²) in [6.45, 7) is 2.28. The Balaban J connectivity index is 1.24. The number of rotatable bonds is 10. The van der Waals surface area contributed by atoms with Gasteiger partial charge in [-0.2, -0.15) is 0 Å². The van der Waals surface area contributed by atoms with Gasteiger partial charge >= 0.3 is 14.5 Å². The van der Waals surface area contributed by atoms with Crippen molar-refractivity contribution in [3.8, 4) is 5.75 Å². The average molecular weight is 547 g/mol. The highest BCUT2D eigenvalue weighted by Gasteiger charge is 2.40. The number of fused-ring (bicyclic) bond motifs is 2. The molecule has 13 heteroatoms. The van der Waals surface area contributed by atoms with Gasteiger partial charge in [0.25, 0.3) is 0 Å². The van der Waals surface area contributed by atoms with Crippen molar-refractivity contribution < 1.29 is 23.3 Å². The maximum atomic E-state index is 12.0. The number of nitrogens with two attached hydrogens (primary N) is 1. The Morgan fingerprint density at radius 2 is 2.11 bits per heavy atom. The molecule has 1 fully saturated rings. The third kappa shape index (κ3) is 5.81. The molecule has 0 radical (unpaired) electrons. The summed E-state index contributed by atoms with van der Waals surface area (Å²) in [6, 6.07) is 13.7. The summed E-state index contributed by atoms with van der Waals surface area (Å²) in [4.78, 5) is 22.2. The van der Waals surface area contributed by atoms with E-state index in [1.54, 1.807) is 6.92 Å². The number of hydrogen-bond donors (Lipinski definition) is 3. The van der Waals surface area contributed by atoms with Crippen molar-refractivity contribution >= 4 is 54.2 Å². The zero-order chi connectivity index (χ0) is 25.8. The summed E-state index contributed by atoms with van der Waals surface area (Å²) in [7, 11) is -1.67. The standard InChI is InChI=1S/C24H28ClN6O5P/c1-2-33-20(32)12-29-37(36-18-9-5-7-15-6-3-4-8-17(15)18)34-13-16-10-11-19(35-16)31-23-21(30-24(31)25)22(26)27-14-28-23/h3-9,14,16,19,24,29-30H,2,10-13H2,1H3,(H2,26,27,28). The molecule has 4 unspecified atom stereocenters. The highest BCUT2D eigenvalue weighted by molar-refractivity contribution is 7.45. The number of esters is 1. The molecule has 0 spiro atoms. The number of hydrogen-bond acceptors (Lipinski definition) is 11. The number of carbonyl (C=O) groups is 1. The fourth-order valence-corrected chi connectivity index (χ4v) is 5.71. The van der Waals surface area contributed by atoms with Crippen molar-refractivity contribution in [3.63, 3.8) is 0 Å². The van der Waals surface area contributed by atoms with Gasteiger partial charge in [0.05, 0.1) is 19.3 Å². The molecule has 11 nitrogen and oxygen atoms in total. The highest BCUT2D eigenvalue weighted by Crippen LogP contribution is 2.42. The summed E-state index contributed by atoms with van der Waals surface area (Å²) < 4.78 is 23.6. The molecule has 0 bridgehead atoms. The topological polar surface area (TPSA) is 133 Å². The molecule has 4 N–H and O–H groups in total. The number of ether oxygens (including phenoxy) is 2. The van der Waals surface area contributed by atoms with E-state index in [0.29, 0.717) is 29.7 Å². The number of alkyl halides is 1. The maximum Gasteiger partial charge on any atom is 0.320 e. The van der Waals surface area contributed by atoms with Gasteiger partial charge in [-0.05, 0) is 31.2 Å². The lowest BCUT2D eigenvalue weighted by molar-refractivity contribution is -0.141.